The highest BCUT2D eigenvalue weighted by atomic mass is 16.6. The predicted octanol–water partition coefficient (Wildman–Crippen LogP) is 19.8. The van der Waals surface area contributed by atoms with Crippen molar-refractivity contribution in [2.75, 3.05) is 19.8 Å². The van der Waals surface area contributed by atoms with E-state index in [2.05, 4.69) is 118 Å². The van der Waals surface area contributed by atoms with E-state index in [0.29, 0.717) is 19.4 Å². The summed E-state index contributed by atoms with van der Waals surface area (Å²) in [6.07, 6.45) is 78.5. The fourth-order valence-corrected chi connectivity index (χ4v) is 7.80. The molecule has 0 aromatic carbocycles. The Kier molecular flexibility index (Phi) is 55.4. The summed E-state index contributed by atoms with van der Waals surface area (Å²) in [4.78, 5) is 25.5. The number of hydrogen-bond acceptors (Lipinski definition) is 5. The van der Waals surface area contributed by atoms with Gasteiger partial charge in [-0.1, -0.05) is 234 Å². The van der Waals surface area contributed by atoms with E-state index in [1.54, 1.807) is 0 Å². The molecule has 5 heteroatoms. The monoisotopic (exact) mass is 945 g/mol. The van der Waals surface area contributed by atoms with Crippen LogP contribution < -0.4 is 0 Å². The third kappa shape index (κ3) is 55.4. The predicted molar refractivity (Wildman–Crippen MR) is 297 cm³/mol. The maximum Gasteiger partial charge on any atom is 0.306 e. The molecule has 0 aliphatic heterocycles. The zero-order valence-electron chi connectivity index (χ0n) is 44.8. The lowest BCUT2D eigenvalue weighted by atomic mass is 10.1. The lowest BCUT2D eigenvalue weighted by Crippen LogP contribution is -2.30. The van der Waals surface area contributed by atoms with E-state index in [1.165, 1.54) is 128 Å². The van der Waals surface area contributed by atoms with Gasteiger partial charge in [-0.25, -0.2) is 0 Å². The minimum Gasteiger partial charge on any atom is -0.462 e. The molecule has 0 saturated carbocycles. The Labute approximate surface area is 422 Å². The normalized spacial score (nSPS) is 12.9. The third-order valence-corrected chi connectivity index (χ3v) is 12.1. The fraction of sp³-hybridized carbons (Fsp3) is 0.714. The first-order valence-electron chi connectivity index (χ1n) is 28.8. The van der Waals surface area contributed by atoms with Crippen LogP contribution in [-0.2, 0) is 23.8 Å². The number of carbonyl (C=O) groups is 2. The van der Waals surface area contributed by atoms with E-state index in [0.717, 1.165) is 103 Å². The quantitative estimate of drug-likeness (QED) is 0.0345. The van der Waals surface area contributed by atoms with Gasteiger partial charge in [0.1, 0.15) is 6.61 Å². The van der Waals surface area contributed by atoms with E-state index < -0.39 is 6.10 Å². The first-order valence-corrected chi connectivity index (χ1v) is 28.8. The van der Waals surface area contributed by atoms with Crippen molar-refractivity contribution in [2.24, 2.45) is 0 Å². The van der Waals surface area contributed by atoms with E-state index in [4.69, 9.17) is 14.2 Å². The maximum atomic E-state index is 12.8. The Balaban J connectivity index is 4.29. The zero-order chi connectivity index (χ0) is 49.2. The summed E-state index contributed by atoms with van der Waals surface area (Å²) in [5.41, 5.74) is 0. The molecule has 0 spiro atoms. The summed E-state index contributed by atoms with van der Waals surface area (Å²) in [5, 5.41) is 0. The molecule has 0 bridgehead atoms. The lowest BCUT2D eigenvalue weighted by Gasteiger charge is -2.18. The van der Waals surface area contributed by atoms with Gasteiger partial charge in [0.05, 0.1) is 6.61 Å². The standard InChI is InChI=1S/C63H108O5/c1-4-7-10-13-16-19-22-25-27-29-31-33-35-37-40-43-46-49-52-55-58-66-59-61(68-63(65)57-54-51-48-45-42-38-24-21-18-15-12-9-6-3)60-67-62(64)56-53-50-47-44-41-39-36-34-32-30-28-26-23-20-17-14-11-8-5-2/h7,10,12,15-17,19-21,24-28,31,33,61H,4-6,8-9,11,13-14,18,22-23,29-30,32,34-60H2,1-3H3/b10-7-,15-12-,19-16-,20-17-,24-21-,27-25-,28-26-,33-31-. The summed E-state index contributed by atoms with van der Waals surface area (Å²) < 4.78 is 17.5. The molecule has 0 N–H and O–H groups in total. The molecule has 0 aliphatic carbocycles. The molecule has 0 saturated heterocycles. The van der Waals surface area contributed by atoms with E-state index >= 15 is 0 Å². The Morgan fingerprint density at radius 1 is 0.338 bits per heavy atom. The summed E-state index contributed by atoms with van der Waals surface area (Å²) in [6, 6.07) is 0. The molecule has 0 aromatic rings. The number of rotatable bonds is 52. The van der Waals surface area contributed by atoms with Gasteiger partial charge in [-0.15, -0.1) is 0 Å². The average molecular weight is 946 g/mol. The second-order valence-corrected chi connectivity index (χ2v) is 18.8. The SMILES string of the molecule is CC/C=C\C/C=C\C/C=C\C/C=C\CCCCCCCCCOCC(COC(=O)CCCCCCCCCCC/C=C\C/C=C\CCCCC)OC(=O)CCCCCCC/C=C\C/C=C\CCC. The van der Waals surface area contributed by atoms with Gasteiger partial charge in [-0.2, -0.15) is 0 Å². The van der Waals surface area contributed by atoms with E-state index in [-0.39, 0.29) is 25.2 Å². The Morgan fingerprint density at radius 3 is 1.12 bits per heavy atom. The summed E-state index contributed by atoms with van der Waals surface area (Å²) in [7, 11) is 0. The van der Waals surface area contributed by atoms with Crippen molar-refractivity contribution >= 4 is 11.9 Å². The van der Waals surface area contributed by atoms with Crippen molar-refractivity contribution < 1.29 is 23.8 Å². The van der Waals surface area contributed by atoms with Gasteiger partial charge in [0.2, 0.25) is 0 Å². The van der Waals surface area contributed by atoms with Gasteiger partial charge >= 0.3 is 11.9 Å². The van der Waals surface area contributed by atoms with Gasteiger partial charge < -0.3 is 14.2 Å². The smallest absolute Gasteiger partial charge is 0.306 e. The molecule has 0 heterocycles. The van der Waals surface area contributed by atoms with Gasteiger partial charge in [-0.05, 0) is 116 Å². The van der Waals surface area contributed by atoms with Crippen LogP contribution in [0.25, 0.3) is 0 Å². The number of esters is 2. The van der Waals surface area contributed by atoms with Crippen LogP contribution in [0.1, 0.15) is 265 Å². The van der Waals surface area contributed by atoms with Crippen LogP contribution in [0.4, 0.5) is 0 Å². The summed E-state index contributed by atoms with van der Waals surface area (Å²) in [5.74, 6) is -0.423. The van der Waals surface area contributed by atoms with Gasteiger partial charge in [0.25, 0.3) is 0 Å². The molecular weight excluding hydrogens is 837 g/mol. The Morgan fingerprint density at radius 2 is 0.691 bits per heavy atom. The third-order valence-electron chi connectivity index (χ3n) is 12.1. The van der Waals surface area contributed by atoms with Crippen molar-refractivity contribution in [3.63, 3.8) is 0 Å². The fourth-order valence-electron chi connectivity index (χ4n) is 7.80. The van der Waals surface area contributed by atoms with Crippen LogP contribution in [0.3, 0.4) is 0 Å². The second-order valence-electron chi connectivity index (χ2n) is 18.8. The molecule has 0 amide bonds. The zero-order valence-corrected chi connectivity index (χ0v) is 44.8. The van der Waals surface area contributed by atoms with Crippen molar-refractivity contribution in [1.29, 1.82) is 0 Å². The molecule has 1 unspecified atom stereocenters. The van der Waals surface area contributed by atoms with Crippen LogP contribution in [0, 0.1) is 0 Å². The summed E-state index contributed by atoms with van der Waals surface area (Å²) >= 11 is 0. The average Bonchev–Trinajstić information content (AvgIpc) is 3.34. The molecule has 0 rings (SSSR count). The minimum absolute atomic E-state index is 0.0688. The molecule has 0 aliphatic rings. The van der Waals surface area contributed by atoms with Gasteiger partial charge in [-0.3, -0.25) is 9.59 Å². The van der Waals surface area contributed by atoms with Gasteiger partial charge in [0, 0.05) is 19.4 Å². The Bertz CT molecular complexity index is 1300. The van der Waals surface area contributed by atoms with E-state index in [9.17, 15) is 9.59 Å². The largest absolute Gasteiger partial charge is 0.462 e. The number of hydrogen-bond donors (Lipinski definition) is 0. The number of unbranched alkanes of at least 4 members (excludes halogenated alkanes) is 25. The molecular formula is C63H108O5. The van der Waals surface area contributed by atoms with Crippen LogP contribution in [-0.4, -0.2) is 37.9 Å². The van der Waals surface area contributed by atoms with Crippen LogP contribution in [0.15, 0.2) is 97.2 Å². The van der Waals surface area contributed by atoms with Crippen LogP contribution >= 0.6 is 0 Å². The molecule has 390 valence electrons. The van der Waals surface area contributed by atoms with Gasteiger partial charge in [0.15, 0.2) is 6.10 Å². The number of carbonyl (C=O) groups excluding carboxylic acids is 2. The highest BCUT2D eigenvalue weighted by Gasteiger charge is 2.17. The maximum absolute atomic E-state index is 12.8. The Hall–Kier alpha value is -3.18. The molecule has 0 radical (unpaired) electrons. The van der Waals surface area contributed by atoms with Crippen molar-refractivity contribution in [3.8, 4) is 0 Å². The lowest BCUT2D eigenvalue weighted by molar-refractivity contribution is -0.163. The molecule has 68 heavy (non-hydrogen) atoms. The van der Waals surface area contributed by atoms with Crippen molar-refractivity contribution in [3.05, 3.63) is 97.2 Å². The molecule has 0 fully saturated rings. The second kappa shape index (κ2) is 58.1. The first-order chi connectivity index (χ1) is 33.6. The molecule has 1 atom stereocenters. The van der Waals surface area contributed by atoms with Crippen LogP contribution in [0.2, 0.25) is 0 Å². The highest BCUT2D eigenvalue weighted by molar-refractivity contribution is 5.70. The van der Waals surface area contributed by atoms with E-state index in [1.807, 2.05) is 0 Å². The molecule has 5 nitrogen and oxygen atoms in total. The topological polar surface area (TPSA) is 61.8 Å². The van der Waals surface area contributed by atoms with Crippen molar-refractivity contribution in [2.45, 2.75) is 271 Å². The van der Waals surface area contributed by atoms with Crippen molar-refractivity contribution in [1.82, 2.24) is 0 Å². The number of allylic oxidation sites excluding steroid dienone is 16. The summed E-state index contributed by atoms with van der Waals surface area (Å²) in [6.45, 7) is 7.60. The first kappa shape index (κ1) is 64.8. The minimum atomic E-state index is -0.557. The molecule has 0 aromatic heterocycles. The number of ether oxygens (including phenoxy) is 3. The van der Waals surface area contributed by atoms with Crippen LogP contribution in [0.5, 0.6) is 0 Å². The highest BCUT2D eigenvalue weighted by Crippen LogP contribution is 2.14.